The number of phenols is 1. The minimum absolute atomic E-state index is 0.172. The number of rotatable bonds is 5. The van der Waals surface area contributed by atoms with Crippen LogP contribution in [0.5, 0.6) is 11.5 Å². The highest BCUT2D eigenvalue weighted by molar-refractivity contribution is 9.10. The third kappa shape index (κ3) is 5.44. The molecule has 0 spiro atoms. The summed E-state index contributed by atoms with van der Waals surface area (Å²) in [5.74, 6) is 0.587. The molecule has 1 amide bonds. The third-order valence-corrected chi connectivity index (χ3v) is 4.14. The molecule has 0 atom stereocenters. The Labute approximate surface area is 160 Å². The van der Waals surface area contributed by atoms with Gasteiger partial charge >= 0.3 is 0 Å². The van der Waals surface area contributed by atoms with Crippen molar-refractivity contribution in [3.05, 3.63) is 52.0 Å². The predicted molar refractivity (Wildman–Crippen MR) is 106 cm³/mol. The summed E-state index contributed by atoms with van der Waals surface area (Å²) >= 11 is 8.44. The van der Waals surface area contributed by atoms with E-state index in [2.05, 4.69) is 26.6 Å². The van der Waals surface area contributed by atoms with Crippen molar-refractivity contribution < 1.29 is 14.6 Å². The van der Waals surface area contributed by atoms with E-state index in [0.29, 0.717) is 27.9 Å². The van der Waals surface area contributed by atoms with Crippen LogP contribution in [0.15, 0.2) is 40.9 Å². The molecule has 0 saturated heterocycles. The molecule has 0 unspecified atom stereocenters. The van der Waals surface area contributed by atoms with Crippen molar-refractivity contribution in [2.45, 2.75) is 20.3 Å². The van der Waals surface area contributed by atoms with E-state index in [1.807, 2.05) is 6.92 Å². The molecule has 132 valence electrons. The lowest BCUT2D eigenvalue weighted by atomic mass is 10.2. The smallest absolute Gasteiger partial charge is 0.257 e. The van der Waals surface area contributed by atoms with Crippen LogP contribution in [0.2, 0.25) is 0 Å². The number of carbonyl (C=O) groups is 1. The number of phenolic OH excluding ortho intramolecular Hbond substituents is 1. The molecule has 2 rings (SSSR count). The predicted octanol–water partition coefficient (Wildman–Crippen LogP) is 4.38. The Hall–Kier alpha value is -2.12. The van der Waals surface area contributed by atoms with Crippen LogP contribution >= 0.6 is 28.1 Å². The Morgan fingerprint density at radius 2 is 1.96 bits per heavy atom. The average molecular weight is 423 g/mol. The van der Waals surface area contributed by atoms with Gasteiger partial charge in [0.15, 0.2) is 5.11 Å². The number of thiocarbonyl (C=S) groups is 1. The van der Waals surface area contributed by atoms with Gasteiger partial charge in [-0.05, 0) is 83.5 Å². The molecule has 0 aromatic heterocycles. The second kappa shape index (κ2) is 8.82. The molecular formula is C18H19BrN2O3S. The van der Waals surface area contributed by atoms with Crippen molar-refractivity contribution in [2.24, 2.45) is 0 Å². The van der Waals surface area contributed by atoms with Crippen molar-refractivity contribution in [3.8, 4) is 11.5 Å². The number of aryl methyl sites for hydroxylation is 1. The quantitative estimate of drug-likeness (QED) is 0.492. The number of nitrogens with one attached hydrogen (secondary N) is 2. The van der Waals surface area contributed by atoms with Gasteiger partial charge < -0.3 is 15.2 Å². The van der Waals surface area contributed by atoms with E-state index in [4.69, 9.17) is 17.0 Å². The normalized spacial score (nSPS) is 10.2. The lowest BCUT2D eigenvalue weighted by molar-refractivity contribution is 0.0977. The van der Waals surface area contributed by atoms with Crippen LogP contribution in [0, 0.1) is 6.92 Å². The van der Waals surface area contributed by atoms with E-state index in [1.54, 1.807) is 43.3 Å². The van der Waals surface area contributed by atoms with Crippen molar-refractivity contribution >= 4 is 44.9 Å². The zero-order valence-electron chi connectivity index (χ0n) is 13.9. The van der Waals surface area contributed by atoms with E-state index < -0.39 is 0 Å². The van der Waals surface area contributed by atoms with E-state index in [0.717, 1.165) is 12.2 Å². The van der Waals surface area contributed by atoms with E-state index in [-0.39, 0.29) is 16.8 Å². The van der Waals surface area contributed by atoms with Gasteiger partial charge in [0.2, 0.25) is 0 Å². The van der Waals surface area contributed by atoms with Crippen molar-refractivity contribution in [2.75, 3.05) is 11.9 Å². The van der Waals surface area contributed by atoms with Crippen molar-refractivity contribution in [1.29, 1.82) is 0 Å². The Morgan fingerprint density at radius 3 is 2.56 bits per heavy atom. The minimum atomic E-state index is -0.311. The molecule has 25 heavy (non-hydrogen) atoms. The first-order valence-electron chi connectivity index (χ1n) is 7.75. The van der Waals surface area contributed by atoms with Gasteiger partial charge in [0.05, 0.1) is 11.1 Å². The first-order chi connectivity index (χ1) is 11.9. The maximum atomic E-state index is 12.2. The molecule has 0 aliphatic carbocycles. The van der Waals surface area contributed by atoms with Gasteiger partial charge in [-0.2, -0.15) is 0 Å². The highest BCUT2D eigenvalue weighted by atomic mass is 79.9. The summed E-state index contributed by atoms with van der Waals surface area (Å²) in [5.41, 5.74) is 1.83. The van der Waals surface area contributed by atoms with Gasteiger partial charge in [-0.1, -0.05) is 6.92 Å². The van der Waals surface area contributed by atoms with Crippen LogP contribution in [0.3, 0.4) is 0 Å². The summed E-state index contributed by atoms with van der Waals surface area (Å²) in [5, 5.41) is 15.5. The van der Waals surface area contributed by atoms with Gasteiger partial charge in [0, 0.05) is 11.3 Å². The Kier molecular flexibility index (Phi) is 6.78. The largest absolute Gasteiger partial charge is 0.506 e. The fourth-order valence-electron chi connectivity index (χ4n) is 2.07. The average Bonchev–Trinajstić information content (AvgIpc) is 2.58. The molecule has 0 fully saturated rings. The topological polar surface area (TPSA) is 70.6 Å². The van der Waals surface area contributed by atoms with Gasteiger partial charge in [-0.3, -0.25) is 10.1 Å². The molecule has 0 heterocycles. The second-order valence-electron chi connectivity index (χ2n) is 5.40. The SMILES string of the molecule is CCCOc1ccc(C(=O)NC(=S)Nc2cc(C)c(O)c(Br)c2)cc1. The summed E-state index contributed by atoms with van der Waals surface area (Å²) < 4.78 is 6.04. The number of aromatic hydroxyl groups is 1. The number of hydrogen-bond donors (Lipinski definition) is 3. The molecule has 5 nitrogen and oxygen atoms in total. The number of ether oxygens (including phenoxy) is 1. The van der Waals surface area contributed by atoms with Crippen LogP contribution in [0.25, 0.3) is 0 Å². The number of carbonyl (C=O) groups excluding carboxylic acids is 1. The fourth-order valence-corrected chi connectivity index (χ4v) is 2.84. The van der Waals surface area contributed by atoms with E-state index >= 15 is 0 Å². The number of halogens is 1. The first kappa shape index (κ1) is 19.2. The van der Waals surface area contributed by atoms with Gasteiger partial charge in [0.1, 0.15) is 11.5 Å². The number of anilines is 1. The van der Waals surface area contributed by atoms with Gasteiger partial charge in [-0.25, -0.2) is 0 Å². The summed E-state index contributed by atoms with van der Waals surface area (Å²) in [7, 11) is 0. The van der Waals surface area contributed by atoms with Crippen LogP contribution < -0.4 is 15.4 Å². The fraction of sp³-hybridized carbons (Fsp3) is 0.222. The maximum absolute atomic E-state index is 12.2. The molecule has 2 aromatic rings. The molecule has 0 radical (unpaired) electrons. The lowest BCUT2D eigenvalue weighted by Gasteiger charge is -2.12. The Morgan fingerprint density at radius 1 is 1.28 bits per heavy atom. The Bertz CT molecular complexity index is 755. The van der Waals surface area contributed by atoms with Gasteiger partial charge in [0.25, 0.3) is 5.91 Å². The number of amides is 1. The lowest BCUT2D eigenvalue weighted by Crippen LogP contribution is -2.34. The van der Waals surface area contributed by atoms with Crippen LogP contribution in [-0.4, -0.2) is 22.7 Å². The molecular weight excluding hydrogens is 404 g/mol. The number of benzene rings is 2. The molecule has 0 bridgehead atoms. The van der Waals surface area contributed by atoms with Crippen LogP contribution in [-0.2, 0) is 0 Å². The first-order valence-corrected chi connectivity index (χ1v) is 8.95. The molecule has 0 aliphatic rings. The highest BCUT2D eigenvalue weighted by Crippen LogP contribution is 2.30. The van der Waals surface area contributed by atoms with Gasteiger partial charge in [-0.15, -0.1) is 0 Å². The minimum Gasteiger partial charge on any atom is -0.506 e. The standard InChI is InChI=1S/C18H19BrN2O3S/c1-3-8-24-14-6-4-12(5-7-14)17(23)21-18(25)20-13-9-11(2)16(22)15(19)10-13/h4-7,9-10,22H,3,8H2,1-2H3,(H2,20,21,23,25). The summed E-state index contributed by atoms with van der Waals surface area (Å²) in [6.07, 6.45) is 0.926. The monoisotopic (exact) mass is 422 g/mol. The van der Waals surface area contributed by atoms with Crippen molar-refractivity contribution in [3.63, 3.8) is 0 Å². The molecule has 3 N–H and O–H groups in total. The zero-order chi connectivity index (χ0) is 18.4. The van der Waals surface area contributed by atoms with E-state index in [1.165, 1.54) is 0 Å². The highest BCUT2D eigenvalue weighted by Gasteiger charge is 2.10. The third-order valence-electron chi connectivity index (χ3n) is 3.33. The molecule has 2 aromatic carbocycles. The van der Waals surface area contributed by atoms with Crippen LogP contribution in [0.1, 0.15) is 29.3 Å². The molecule has 0 saturated carbocycles. The second-order valence-corrected chi connectivity index (χ2v) is 6.67. The molecule has 7 heteroatoms. The van der Waals surface area contributed by atoms with Crippen LogP contribution in [0.4, 0.5) is 5.69 Å². The zero-order valence-corrected chi connectivity index (χ0v) is 16.3. The summed E-state index contributed by atoms with van der Waals surface area (Å²) in [6.45, 7) is 4.44. The van der Waals surface area contributed by atoms with E-state index in [9.17, 15) is 9.90 Å². The Balaban J connectivity index is 1.97. The summed E-state index contributed by atoms with van der Waals surface area (Å²) in [6, 6.07) is 10.3. The maximum Gasteiger partial charge on any atom is 0.257 e. The molecule has 0 aliphatic heterocycles. The summed E-state index contributed by atoms with van der Waals surface area (Å²) in [4.78, 5) is 12.2. The van der Waals surface area contributed by atoms with Crippen molar-refractivity contribution in [1.82, 2.24) is 5.32 Å². The number of hydrogen-bond acceptors (Lipinski definition) is 4.